The molecular formula is C13H20N2O2S. The lowest BCUT2D eigenvalue weighted by Crippen LogP contribution is -2.54. The molecule has 2 rings (SSSR count). The van der Waals surface area contributed by atoms with Crippen LogP contribution in [0.3, 0.4) is 0 Å². The number of sulfone groups is 1. The van der Waals surface area contributed by atoms with Crippen LogP contribution >= 0.6 is 0 Å². The maximum atomic E-state index is 11.4. The van der Waals surface area contributed by atoms with E-state index in [1.165, 1.54) is 6.26 Å². The number of piperazine rings is 1. The highest BCUT2D eigenvalue weighted by atomic mass is 32.2. The fraction of sp³-hybridized carbons (Fsp3) is 0.538. The summed E-state index contributed by atoms with van der Waals surface area (Å²) in [5.74, 6) is 0. The van der Waals surface area contributed by atoms with E-state index >= 15 is 0 Å². The van der Waals surface area contributed by atoms with Crippen LogP contribution in [0.25, 0.3) is 0 Å². The van der Waals surface area contributed by atoms with Crippen molar-refractivity contribution in [3.8, 4) is 0 Å². The fourth-order valence-electron chi connectivity index (χ4n) is 2.27. The summed E-state index contributed by atoms with van der Waals surface area (Å²) in [6.07, 6.45) is 1.23. The molecule has 1 aliphatic rings. The Morgan fingerprint density at radius 3 is 2.39 bits per heavy atom. The Kier molecular flexibility index (Phi) is 3.64. The first-order valence-corrected chi connectivity index (χ1v) is 8.07. The van der Waals surface area contributed by atoms with E-state index in [4.69, 9.17) is 0 Å². The Labute approximate surface area is 109 Å². The Balaban J connectivity index is 2.23. The summed E-state index contributed by atoms with van der Waals surface area (Å²) in [6.45, 7) is 6.22. The van der Waals surface area contributed by atoms with Crippen LogP contribution in [0.5, 0.6) is 0 Å². The molecule has 1 N–H and O–H groups in total. The summed E-state index contributed by atoms with van der Waals surface area (Å²) in [5, 5.41) is 3.43. The van der Waals surface area contributed by atoms with Crippen LogP contribution in [0.15, 0.2) is 29.2 Å². The van der Waals surface area contributed by atoms with Crippen LogP contribution in [0.1, 0.15) is 13.8 Å². The summed E-state index contributed by atoms with van der Waals surface area (Å²) < 4.78 is 22.8. The number of anilines is 1. The summed E-state index contributed by atoms with van der Waals surface area (Å²) in [7, 11) is -3.11. The molecule has 1 fully saturated rings. The minimum absolute atomic E-state index is 0.377. The van der Waals surface area contributed by atoms with Crippen LogP contribution in [-0.2, 0) is 9.84 Å². The molecule has 0 saturated carbocycles. The van der Waals surface area contributed by atoms with Crippen LogP contribution < -0.4 is 10.2 Å². The zero-order valence-corrected chi connectivity index (χ0v) is 11.9. The molecule has 0 unspecified atom stereocenters. The van der Waals surface area contributed by atoms with Crippen molar-refractivity contribution in [3.63, 3.8) is 0 Å². The molecule has 1 aliphatic heterocycles. The highest BCUT2D eigenvalue weighted by Gasteiger charge is 2.22. The molecule has 4 nitrogen and oxygen atoms in total. The van der Waals surface area contributed by atoms with E-state index in [9.17, 15) is 8.42 Å². The van der Waals surface area contributed by atoms with Gasteiger partial charge >= 0.3 is 0 Å². The summed E-state index contributed by atoms with van der Waals surface area (Å²) >= 11 is 0. The number of rotatable bonds is 2. The Morgan fingerprint density at radius 1 is 1.22 bits per heavy atom. The first-order valence-electron chi connectivity index (χ1n) is 6.18. The van der Waals surface area contributed by atoms with Gasteiger partial charge in [-0.15, -0.1) is 0 Å². The lowest BCUT2D eigenvalue weighted by atomic mass is 10.1. The third-order valence-electron chi connectivity index (χ3n) is 3.36. The molecule has 1 saturated heterocycles. The van der Waals surface area contributed by atoms with Crippen molar-refractivity contribution in [2.75, 3.05) is 24.2 Å². The van der Waals surface area contributed by atoms with Gasteiger partial charge in [0, 0.05) is 37.1 Å². The van der Waals surface area contributed by atoms with E-state index in [0.717, 1.165) is 18.8 Å². The lowest BCUT2D eigenvalue weighted by Gasteiger charge is -2.39. The summed E-state index contributed by atoms with van der Waals surface area (Å²) in [4.78, 5) is 2.69. The van der Waals surface area contributed by atoms with Gasteiger partial charge in [0.2, 0.25) is 0 Å². The van der Waals surface area contributed by atoms with E-state index in [1.54, 1.807) is 12.1 Å². The number of nitrogens with zero attached hydrogens (tertiary/aromatic N) is 1. The van der Waals surface area contributed by atoms with Gasteiger partial charge in [-0.1, -0.05) is 0 Å². The van der Waals surface area contributed by atoms with Crippen LogP contribution in [0.2, 0.25) is 0 Å². The van der Waals surface area contributed by atoms with Crippen molar-refractivity contribution in [2.45, 2.75) is 30.8 Å². The van der Waals surface area contributed by atoms with Gasteiger partial charge in [-0.3, -0.25) is 0 Å². The van der Waals surface area contributed by atoms with E-state index < -0.39 is 9.84 Å². The Hall–Kier alpha value is -1.07. The Bertz CT molecular complexity index is 510. The van der Waals surface area contributed by atoms with Gasteiger partial charge in [0.05, 0.1) is 4.90 Å². The number of nitrogens with one attached hydrogen (secondary N) is 1. The van der Waals surface area contributed by atoms with Crippen molar-refractivity contribution in [1.82, 2.24) is 5.32 Å². The minimum atomic E-state index is -3.11. The maximum Gasteiger partial charge on any atom is 0.175 e. The highest BCUT2D eigenvalue weighted by Crippen LogP contribution is 2.21. The topological polar surface area (TPSA) is 49.4 Å². The number of hydrogen-bond donors (Lipinski definition) is 1. The lowest BCUT2D eigenvalue weighted by molar-refractivity contribution is 0.425. The molecule has 2 atom stereocenters. The second kappa shape index (κ2) is 4.90. The van der Waals surface area contributed by atoms with Crippen LogP contribution in [0, 0.1) is 0 Å². The van der Waals surface area contributed by atoms with Gasteiger partial charge in [-0.2, -0.15) is 0 Å². The van der Waals surface area contributed by atoms with Gasteiger partial charge in [-0.05, 0) is 38.1 Å². The largest absolute Gasteiger partial charge is 0.366 e. The van der Waals surface area contributed by atoms with Crippen molar-refractivity contribution in [3.05, 3.63) is 24.3 Å². The minimum Gasteiger partial charge on any atom is -0.366 e. The molecule has 100 valence electrons. The van der Waals surface area contributed by atoms with Gasteiger partial charge in [0.25, 0.3) is 0 Å². The first-order chi connectivity index (χ1) is 8.38. The third-order valence-corrected chi connectivity index (χ3v) is 4.49. The molecule has 1 aromatic rings. The zero-order valence-electron chi connectivity index (χ0n) is 11.1. The average molecular weight is 268 g/mol. The zero-order chi connectivity index (χ0) is 13.3. The van der Waals surface area contributed by atoms with E-state index in [0.29, 0.717) is 17.0 Å². The normalized spacial score (nSPS) is 25.2. The van der Waals surface area contributed by atoms with Gasteiger partial charge in [0.1, 0.15) is 0 Å². The predicted molar refractivity (Wildman–Crippen MR) is 73.8 cm³/mol. The van der Waals surface area contributed by atoms with Crippen molar-refractivity contribution < 1.29 is 8.42 Å². The maximum absolute atomic E-state index is 11.4. The molecule has 0 radical (unpaired) electrons. The quantitative estimate of drug-likeness (QED) is 0.878. The molecule has 5 heteroatoms. The summed E-state index contributed by atoms with van der Waals surface area (Å²) in [6, 6.07) is 8.03. The molecular weight excluding hydrogens is 248 g/mol. The molecule has 0 aliphatic carbocycles. The second-order valence-electron chi connectivity index (χ2n) is 5.08. The average Bonchev–Trinajstić information content (AvgIpc) is 2.31. The number of benzene rings is 1. The molecule has 1 heterocycles. The fourth-order valence-corrected chi connectivity index (χ4v) is 2.90. The monoisotopic (exact) mass is 268 g/mol. The van der Waals surface area contributed by atoms with Crippen molar-refractivity contribution in [2.24, 2.45) is 0 Å². The molecule has 0 amide bonds. The molecule has 0 bridgehead atoms. The molecule has 18 heavy (non-hydrogen) atoms. The second-order valence-corrected chi connectivity index (χ2v) is 7.09. The van der Waals surface area contributed by atoms with Gasteiger partial charge < -0.3 is 10.2 Å². The van der Waals surface area contributed by atoms with E-state index in [-0.39, 0.29) is 0 Å². The highest BCUT2D eigenvalue weighted by molar-refractivity contribution is 7.90. The van der Waals surface area contributed by atoms with Crippen molar-refractivity contribution >= 4 is 15.5 Å². The standard InChI is InChI=1S/C13H20N2O2S/c1-10-9-15(11(2)8-14-10)12-4-6-13(7-5-12)18(3,16)17/h4-7,10-11,14H,8-9H2,1-3H3/t10-,11-/m1/s1. The van der Waals surface area contributed by atoms with Gasteiger partial charge in [0.15, 0.2) is 9.84 Å². The molecule has 0 aromatic heterocycles. The predicted octanol–water partition coefficient (Wildman–Crippen LogP) is 1.28. The van der Waals surface area contributed by atoms with E-state index in [1.807, 2.05) is 12.1 Å². The molecule has 0 spiro atoms. The smallest absolute Gasteiger partial charge is 0.175 e. The first kappa shape index (κ1) is 13.4. The Morgan fingerprint density at radius 2 is 1.83 bits per heavy atom. The van der Waals surface area contributed by atoms with Crippen LogP contribution in [-0.4, -0.2) is 39.8 Å². The summed E-state index contributed by atoms with van der Waals surface area (Å²) in [5.41, 5.74) is 1.09. The van der Waals surface area contributed by atoms with E-state index in [2.05, 4.69) is 24.1 Å². The SMILES string of the molecule is C[C@@H]1CN(c2ccc(S(C)(=O)=O)cc2)[C@H](C)CN1. The van der Waals surface area contributed by atoms with Crippen LogP contribution in [0.4, 0.5) is 5.69 Å². The van der Waals surface area contributed by atoms with Crippen molar-refractivity contribution in [1.29, 1.82) is 0 Å². The van der Waals surface area contributed by atoms with Gasteiger partial charge in [-0.25, -0.2) is 8.42 Å². The number of hydrogen-bond acceptors (Lipinski definition) is 4. The third kappa shape index (κ3) is 2.84. The molecule has 1 aromatic carbocycles.